The van der Waals surface area contributed by atoms with Crippen LogP contribution in [0.15, 0.2) is 0 Å². The second-order valence-corrected chi connectivity index (χ2v) is 4.06. The van der Waals surface area contributed by atoms with Gasteiger partial charge in [-0.15, -0.1) is 0 Å². The third-order valence-electron chi connectivity index (χ3n) is 2.25. The Hall–Kier alpha value is -0.820. The van der Waals surface area contributed by atoms with Gasteiger partial charge in [-0.3, -0.25) is 4.79 Å². The van der Waals surface area contributed by atoms with E-state index in [1.54, 1.807) is 11.9 Å². The quantitative estimate of drug-likeness (QED) is 0.702. The van der Waals surface area contributed by atoms with Crippen LogP contribution >= 0.6 is 0 Å². The van der Waals surface area contributed by atoms with Gasteiger partial charge in [0, 0.05) is 20.1 Å². The summed E-state index contributed by atoms with van der Waals surface area (Å²) in [6, 6.07) is 0. The number of β-amino-alcohol motifs (C(OH)–C–C–N with tert-alkyl or cyclic N) is 1. The summed E-state index contributed by atoms with van der Waals surface area (Å²) >= 11 is 0. The molecule has 0 aromatic carbocycles. The average molecular weight is 226 g/mol. The number of hydrogen-bond acceptors (Lipinski definition) is 3. The lowest BCUT2D eigenvalue weighted by molar-refractivity contribution is -0.189. The predicted octanol–water partition coefficient (Wildman–Crippen LogP) is -0.316. The maximum absolute atomic E-state index is 12.0. The highest BCUT2D eigenvalue weighted by atomic mass is 19.4. The van der Waals surface area contributed by atoms with Crippen LogP contribution in [0.2, 0.25) is 0 Å². The zero-order chi connectivity index (χ0) is 11.9. The minimum atomic E-state index is -4.87. The Morgan fingerprint density at radius 1 is 1.53 bits per heavy atom. The van der Waals surface area contributed by atoms with Gasteiger partial charge in [0.2, 0.25) is 0 Å². The molecule has 15 heavy (non-hydrogen) atoms. The highest BCUT2D eigenvalue weighted by Crippen LogP contribution is 2.23. The van der Waals surface area contributed by atoms with Gasteiger partial charge in [-0.2, -0.15) is 13.2 Å². The first-order valence-corrected chi connectivity index (χ1v) is 4.37. The fraction of sp³-hybridized carbons (Fsp3) is 0.875. The van der Waals surface area contributed by atoms with Crippen molar-refractivity contribution in [3.63, 3.8) is 0 Å². The molecule has 1 aliphatic heterocycles. The van der Waals surface area contributed by atoms with E-state index >= 15 is 0 Å². The minimum Gasteiger partial charge on any atom is -0.385 e. The molecule has 1 rings (SSSR count). The number of aliphatic hydroxyl groups is 1. The van der Waals surface area contributed by atoms with E-state index in [0.717, 1.165) is 7.05 Å². The van der Waals surface area contributed by atoms with Crippen LogP contribution in [0.4, 0.5) is 13.2 Å². The predicted molar refractivity (Wildman–Crippen MR) is 46.1 cm³/mol. The van der Waals surface area contributed by atoms with Crippen molar-refractivity contribution < 1.29 is 23.1 Å². The van der Waals surface area contributed by atoms with Gasteiger partial charge in [-0.25, -0.2) is 0 Å². The lowest BCUT2D eigenvalue weighted by Crippen LogP contribution is -2.65. The number of alkyl halides is 3. The molecule has 88 valence electrons. The van der Waals surface area contributed by atoms with E-state index < -0.39 is 17.7 Å². The molecule has 4 nitrogen and oxygen atoms in total. The van der Waals surface area contributed by atoms with Crippen molar-refractivity contribution in [3.05, 3.63) is 0 Å². The zero-order valence-corrected chi connectivity index (χ0v) is 8.51. The molecule has 1 fully saturated rings. The molecule has 0 aliphatic carbocycles. The van der Waals surface area contributed by atoms with E-state index in [0.29, 0.717) is 4.90 Å². The van der Waals surface area contributed by atoms with Crippen molar-refractivity contribution >= 4 is 5.91 Å². The average Bonchev–Trinajstić information content (AvgIpc) is 1.98. The summed E-state index contributed by atoms with van der Waals surface area (Å²) in [5.41, 5.74) is -1.20. The van der Waals surface area contributed by atoms with Crippen LogP contribution in [0.25, 0.3) is 0 Å². The number of halogens is 3. The van der Waals surface area contributed by atoms with Gasteiger partial charge in [0.1, 0.15) is 5.60 Å². The topological polar surface area (TPSA) is 43.8 Å². The van der Waals surface area contributed by atoms with Crippen LogP contribution < -0.4 is 0 Å². The third-order valence-corrected chi connectivity index (χ3v) is 2.25. The van der Waals surface area contributed by atoms with Gasteiger partial charge in [0.25, 0.3) is 0 Å². The Balaban J connectivity index is 2.49. The van der Waals surface area contributed by atoms with Crippen LogP contribution in [0.5, 0.6) is 0 Å². The molecule has 1 heterocycles. The number of carbonyl (C=O) groups excluding carboxylic acids is 1. The smallest absolute Gasteiger partial charge is 0.385 e. The van der Waals surface area contributed by atoms with Crippen molar-refractivity contribution in [2.45, 2.75) is 11.8 Å². The number of nitrogens with zero attached hydrogens (tertiary/aromatic N) is 2. The van der Waals surface area contributed by atoms with Crippen molar-refractivity contribution in [1.82, 2.24) is 9.80 Å². The Kier molecular flexibility index (Phi) is 2.97. The highest BCUT2D eigenvalue weighted by Gasteiger charge is 2.46. The summed E-state index contributed by atoms with van der Waals surface area (Å²) in [6.07, 6.45) is -4.87. The Morgan fingerprint density at radius 3 is 2.33 bits per heavy atom. The first kappa shape index (κ1) is 12.3. The number of likely N-dealkylation sites (tertiary alicyclic amines) is 1. The number of carbonyl (C=O) groups is 1. The summed E-state index contributed by atoms with van der Waals surface area (Å²) < 4.78 is 36.0. The Labute approximate surface area is 85.3 Å². The number of rotatable bonds is 2. The summed E-state index contributed by atoms with van der Waals surface area (Å²) in [7, 11) is 2.77. The molecule has 0 atom stereocenters. The minimum absolute atomic E-state index is 0.280. The molecular weight excluding hydrogens is 213 g/mol. The van der Waals surface area contributed by atoms with Gasteiger partial charge in [-0.1, -0.05) is 0 Å². The summed E-state index contributed by atoms with van der Waals surface area (Å²) in [4.78, 5) is 13.0. The number of likely N-dealkylation sites (N-methyl/N-ethyl adjacent to an activating group) is 2. The fourth-order valence-corrected chi connectivity index (χ4v) is 1.79. The van der Waals surface area contributed by atoms with E-state index in [2.05, 4.69) is 0 Å². The monoisotopic (exact) mass is 226 g/mol. The van der Waals surface area contributed by atoms with E-state index in [-0.39, 0.29) is 19.6 Å². The normalized spacial score (nSPS) is 20.9. The molecule has 0 spiro atoms. The van der Waals surface area contributed by atoms with E-state index in [4.69, 9.17) is 0 Å². The largest absolute Gasteiger partial charge is 0.471 e. The van der Waals surface area contributed by atoms with E-state index in [9.17, 15) is 23.1 Å². The molecule has 0 unspecified atom stereocenters. The SMILES string of the molecule is CN1CC(O)(CN(C)C(=O)C(F)(F)F)C1. The molecule has 0 bridgehead atoms. The molecular formula is C8H13F3N2O2. The van der Waals surface area contributed by atoms with Crippen LogP contribution in [-0.4, -0.2) is 66.3 Å². The standard InChI is InChI=1S/C8H13F3N2O2/c1-12-3-7(15,4-12)5-13(2)6(14)8(9,10)11/h15H,3-5H2,1-2H3. The number of amides is 1. The Morgan fingerprint density at radius 2 is 2.00 bits per heavy atom. The van der Waals surface area contributed by atoms with Crippen LogP contribution in [0.3, 0.4) is 0 Å². The van der Waals surface area contributed by atoms with Crippen LogP contribution in [0, 0.1) is 0 Å². The summed E-state index contributed by atoms with van der Waals surface area (Å²) in [5.74, 6) is -1.93. The van der Waals surface area contributed by atoms with Crippen molar-refractivity contribution in [3.8, 4) is 0 Å². The fourth-order valence-electron chi connectivity index (χ4n) is 1.79. The molecule has 1 saturated heterocycles. The lowest BCUT2D eigenvalue weighted by Gasteiger charge is -2.46. The van der Waals surface area contributed by atoms with E-state index in [1.165, 1.54) is 0 Å². The third kappa shape index (κ3) is 2.82. The molecule has 0 aromatic rings. The Bertz CT molecular complexity index is 261. The summed E-state index contributed by atoms with van der Waals surface area (Å²) in [6.45, 7) is 0.265. The van der Waals surface area contributed by atoms with Gasteiger partial charge in [0.05, 0.1) is 6.54 Å². The zero-order valence-electron chi connectivity index (χ0n) is 8.51. The van der Waals surface area contributed by atoms with Gasteiger partial charge in [-0.05, 0) is 7.05 Å². The second-order valence-electron chi connectivity index (χ2n) is 4.06. The maximum atomic E-state index is 12.0. The van der Waals surface area contributed by atoms with Crippen LogP contribution in [-0.2, 0) is 4.79 Å². The van der Waals surface area contributed by atoms with Gasteiger partial charge < -0.3 is 14.9 Å². The maximum Gasteiger partial charge on any atom is 0.471 e. The summed E-state index contributed by atoms with van der Waals surface area (Å²) in [5, 5.41) is 9.66. The molecule has 0 saturated carbocycles. The van der Waals surface area contributed by atoms with Gasteiger partial charge >= 0.3 is 12.1 Å². The molecule has 7 heteroatoms. The second kappa shape index (κ2) is 3.64. The molecule has 1 amide bonds. The highest BCUT2D eigenvalue weighted by molar-refractivity contribution is 5.81. The first-order valence-electron chi connectivity index (χ1n) is 4.37. The van der Waals surface area contributed by atoms with E-state index in [1.807, 2.05) is 0 Å². The first-order chi connectivity index (χ1) is 6.64. The van der Waals surface area contributed by atoms with Crippen LogP contribution in [0.1, 0.15) is 0 Å². The number of hydrogen-bond donors (Lipinski definition) is 1. The molecule has 1 N–H and O–H groups in total. The molecule has 0 radical (unpaired) electrons. The van der Waals surface area contributed by atoms with Crippen molar-refractivity contribution in [2.24, 2.45) is 0 Å². The lowest BCUT2D eigenvalue weighted by atomic mass is 9.94. The molecule has 1 aliphatic rings. The van der Waals surface area contributed by atoms with Gasteiger partial charge in [0.15, 0.2) is 0 Å². The van der Waals surface area contributed by atoms with Crippen molar-refractivity contribution in [2.75, 3.05) is 33.7 Å². The van der Waals surface area contributed by atoms with Crippen molar-refractivity contribution in [1.29, 1.82) is 0 Å². The molecule has 0 aromatic heterocycles.